The Morgan fingerprint density at radius 3 is 2.22 bits per heavy atom. The monoisotopic (exact) mass is 144 g/mol. The van der Waals surface area contributed by atoms with Crippen LogP contribution < -0.4 is 0 Å². The van der Waals surface area contributed by atoms with Gasteiger partial charge in [0.25, 0.3) is 0 Å². The fourth-order valence-electron chi connectivity index (χ4n) is 0.433. The fourth-order valence-corrected chi connectivity index (χ4v) is 0.701. The molecule has 0 saturated carbocycles. The van der Waals surface area contributed by atoms with Crippen molar-refractivity contribution in [3.05, 3.63) is 18.0 Å². The van der Waals surface area contributed by atoms with Gasteiger partial charge in [-0.25, -0.2) is 0 Å². The molecule has 0 radical (unpaired) electrons. The maximum atomic E-state index is 3.99. The Bertz CT molecular complexity index is 143. The van der Waals surface area contributed by atoms with Gasteiger partial charge in [0, 0.05) is 6.20 Å². The summed E-state index contributed by atoms with van der Waals surface area (Å²) < 4.78 is 1.70. The molecule has 0 saturated heterocycles. The summed E-state index contributed by atoms with van der Waals surface area (Å²) in [7, 11) is 2.46. The number of aryl methyl sites for hydroxylation is 1. The summed E-state index contributed by atoms with van der Waals surface area (Å²) in [5, 5.41) is 3.99. The maximum absolute atomic E-state index is 3.99. The molecule has 52 valence electrons. The molecule has 2 nitrogen and oxygen atoms in total. The van der Waals surface area contributed by atoms with Crippen LogP contribution in [0, 0.1) is 6.92 Å². The fraction of sp³-hybridized carbons (Fsp3) is 0.500. The van der Waals surface area contributed by atoms with Crippen molar-refractivity contribution in [1.29, 1.82) is 0 Å². The van der Waals surface area contributed by atoms with Crippen molar-refractivity contribution in [2.45, 2.75) is 20.8 Å². The molecule has 0 spiro atoms. The number of aromatic nitrogens is 2. The van der Waals surface area contributed by atoms with Crippen LogP contribution in [0.2, 0.25) is 0 Å². The lowest BCUT2D eigenvalue weighted by atomic mass is 10.5. The molecule has 1 aromatic heterocycles. The second kappa shape index (κ2) is 4.51. The van der Waals surface area contributed by atoms with Gasteiger partial charge in [-0.3, -0.25) is 4.45 Å². The quantitative estimate of drug-likeness (QED) is 0.508. The molecule has 9 heavy (non-hydrogen) atoms. The second-order valence-corrected chi connectivity index (χ2v) is 1.97. The number of nitrogens with zero attached hydrogens (tertiary/aromatic N) is 2. The maximum Gasteiger partial charge on any atom is 0.0596 e. The van der Waals surface area contributed by atoms with Crippen molar-refractivity contribution >= 4 is 9.39 Å². The molecule has 1 unspecified atom stereocenters. The lowest BCUT2D eigenvalue weighted by Gasteiger charge is -1.79. The van der Waals surface area contributed by atoms with Crippen LogP contribution >= 0.6 is 9.39 Å². The van der Waals surface area contributed by atoms with E-state index >= 15 is 0 Å². The van der Waals surface area contributed by atoms with E-state index in [2.05, 4.69) is 14.5 Å². The van der Waals surface area contributed by atoms with Gasteiger partial charge in [0.2, 0.25) is 0 Å². The average molecular weight is 144 g/mol. The van der Waals surface area contributed by atoms with Gasteiger partial charge in [-0.1, -0.05) is 13.8 Å². The average Bonchev–Trinajstić information content (AvgIpc) is 2.20. The highest BCUT2D eigenvalue weighted by Crippen LogP contribution is 1.94. The van der Waals surface area contributed by atoms with Crippen molar-refractivity contribution in [1.82, 2.24) is 9.55 Å². The van der Waals surface area contributed by atoms with E-state index < -0.39 is 0 Å². The summed E-state index contributed by atoms with van der Waals surface area (Å²) in [5.74, 6) is 0. The Kier molecular flexibility index (Phi) is 4.33. The third-order valence-corrected chi connectivity index (χ3v) is 1.03. The molecule has 3 heteroatoms. The summed E-state index contributed by atoms with van der Waals surface area (Å²) in [6, 6.07) is 1.95. The Balaban J connectivity index is 0.000000291. The van der Waals surface area contributed by atoms with Gasteiger partial charge in [0.1, 0.15) is 0 Å². The number of hydrogen-bond acceptors (Lipinski definition) is 1. The van der Waals surface area contributed by atoms with Crippen LogP contribution in [0.1, 0.15) is 19.5 Å². The Hall–Kier alpha value is -0.360. The standard InChI is InChI=1S/C4H7N2P.C2H6/c1-4-2-3-6(7)5-4;1-2/h2-3H,7H2,1H3;1-2H3. The van der Waals surface area contributed by atoms with E-state index in [0.717, 1.165) is 5.69 Å². The van der Waals surface area contributed by atoms with E-state index in [1.165, 1.54) is 0 Å². The van der Waals surface area contributed by atoms with Crippen LogP contribution in [0.15, 0.2) is 12.3 Å². The summed E-state index contributed by atoms with van der Waals surface area (Å²) >= 11 is 0. The van der Waals surface area contributed by atoms with Crippen LogP contribution in [0.25, 0.3) is 0 Å². The van der Waals surface area contributed by atoms with Gasteiger partial charge in [-0.05, 0) is 22.4 Å². The minimum atomic E-state index is 1.05. The Labute approximate surface area is 58.5 Å². The predicted molar refractivity (Wildman–Crippen MR) is 43.4 cm³/mol. The molecule has 0 aromatic carbocycles. The summed E-state index contributed by atoms with van der Waals surface area (Å²) in [5.41, 5.74) is 1.05. The van der Waals surface area contributed by atoms with Crippen molar-refractivity contribution < 1.29 is 0 Å². The summed E-state index contributed by atoms with van der Waals surface area (Å²) in [6.07, 6.45) is 1.89. The topological polar surface area (TPSA) is 17.8 Å². The first-order valence-electron chi connectivity index (χ1n) is 3.06. The van der Waals surface area contributed by atoms with E-state index in [9.17, 15) is 0 Å². The smallest absolute Gasteiger partial charge is 0.0596 e. The van der Waals surface area contributed by atoms with Crippen molar-refractivity contribution in [2.24, 2.45) is 0 Å². The molecule has 0 amide bonds. The SMILES string of the molecule is CC.Cc1ccn(P)n1. The van der Waals surface area contributed by atoms with Crippen molar-refractivity contribution in [3.8, 4) is 0 Å². The molecule has 1 atom stereocenters. The summed E-state index contributed by atoms with van der Waals surface area (Å²) in [4.78, 5) is 0. The first-order valence-corrected chi connectivity index (χ1v) is 3.58. The zero-order valence-electron chi connectivity index (χ0n) is 6.13. The molecule has 1 heterocycles. The van der Waals surface area contributed by atoms with Crippen LogP contribution in [-0.4, -0.2) is 9.55 Å². The zero-order valence-corrected chi connectivity index (χ0v) is 7.28. The van der Waals surface area contributed by atoms with E-state index in [1.54, 1.807) is 4.45 Å². The van der Waals surface area contributed by atoms with Crippen LogP contribution in [0.5, 0.6) is 0 Å². The van der Waals surface area contributed by atoms with E-state index in [1.807, 2.05) is 33.0 Å². The van der Waals surface area contributed by atoms with Gasteiger partial charge in [0.15, 0.2) is 0 Å². The van der Waals surface area contributed by atoms with E-state index in [4.69, 9.17) is 0 Å². The number of hydrogen-bond donors (Lipinski definition) is 0. The van der Waals surface area contributed by atoms with Gasteiger partial charge >= 0.3 is 0 Å². The lowest BCUT2D eigenvalue weighted by molar-refractivity contribution is 0.980. The van der Waals surface area contributed by atoms with Crippen LogP contribution in [-0.2, 0) is 0 Å². The normalized spacial score (nSPS) is 8.00. The summed E-state index contributed by atoms with van der Waals surface area (Å²) in [6.45, 7) is 5.96. The van der Waals surface area contributed by atoms with Crippen molar-refractivity contribution in [3.63, 3.8) is 0 Å². The van der Waals surface area contributed by atoms with E-state index in [0.29, 0.717) is 0 Å². The molecule has 0 fully saturated rings. The van der Waals surface area contributed by atoms with Gasteiger partial charge in [-0.15, -0.1) is 0 Å². The number of rotatable bonds is 0. The molecular weight excluding hydrogens is 131 g/mol. The molecule has 0 aliphatic rings. The highest BCUT2D eigenvalue weighted by Gasteiger charge is 1.82. The third-order valence-electron chi connectivity index (χ3n) is 0.742. The highest BCUT2D eigenvalue weighted by molar-refractivity contribution is 7.14. The molecule has 1 rings (SSSR count). The largest absolute Gasteiger partial charge is 0.258 e. The minimum absolute atomic E-state index is 1.05. The highest BCUT2D eigenvalue weighted by atomic mass is 31.0. The molecule has 0 bridgehead atoms. The second-order valence-electron chi connectivity index (χ2n) is 1.44. The van der Waals surface area contributed by atoms with Gasteiger partial charge in [0.05, 0.1) is 5.69 Å². The van der Waals surface area contributed by atoms with Gasteiger partial charge < -0.3 is 0 Å². The Morgan fingerprint density at radius 2 is 2.11 bits per heavy atom. The Morgan fingerprint density at radius 1 is 1.56 bits per heavy atom. The van der Waals surface area contributed by atoms with Crippen LogP contribution in [0.3, 0.4) is 0 Å². The lowest BCUT2D eigenvalue weighted by Crippen LogP contribution is -1.76. The molecular formula is C6H13N2P. The first kappa shape index (κ1) is 8.64. The van der Waals surface area contributed by atoms with E-state index in [-0.39, 0.29) is 0 Å². The molecule has 0 aliphatic heterocycles. The molecule has 0 N–H and O–H groups in total. The molecule has 1 aromatic rings. The molecule has 0 aliphatic carbocycles. The minimum Gasteiger partial charge on any atom is -0.258 e. The zero-order chi connectivity index (χ0) is 7.28. The van der Waals surface area contributed by atoms with Gasteiger partial charge in [-0.2, -0.15) is 5.10 Å². The predicted octanol–water partition coefficient (Wildman–Crippen LogP) is 1.86. The van der Waals surface area contributed by atoms with Crippen molar-refractivity contribution in [2.75, 3.05) is 0 Å². The first-order chi connectivity index (χ1) is 4.29. The third kappa shape index (κ3) is 3.26. The van der Waals surface area contributed by atoms with Crippen LogP contribution in [0.4, 0.5) is 0 Å².